The zero-order valence-electron chi connectivity index (χ0n) is 14.4. The molecule has 0 saturated carbocycles. The summed E-state index contributed by atoms with van der Waals surface area (Å²) in [5.74, 6) is 0.862. The van der Waals surface area contributed by atoms with Crippen LogP contribution in [0.4, 0.5) is 10.8 Å². The summed E-state index contributed by atoms with van der Waals surface area (Å²) in [6.07, 6.45) is 0. The number of aromatic nitrogens is 1. The average molecular weight is 349 g/mol. The van der Waals surface area contributed by atoms with E-state index in [9.17, 15) is 0 Å². The van der Waals surface area contributed by atoms with Crippen molar-refractivity contribution < 1.29 is 0 Å². The van der Waals surface area contributed by atoms with E-state index in [1.165, 1.54) is 4.88 Å². The van der Waals surface area contributed by atoms with Crippen molar-refractivity contribution in [3.05, 3.63) is 76.8 Å². The molecule has 1 aliphatic rings. The molecule has 0 N–H and O–H groups in total. The molecule has 2 heterocycles. The number of benzene rings is 2. The minimum absolute atomic E-state index is 0.862. The molecule has 3 aromatic rings. The third kappa shape index (κ3) is 2.74. The Hall–Kier alpha value is -2.86. The van der Waals surface area contributed by atoms with Crippen LogP contribution in [-0.2, 0) is 0 Å². The molecule has 0 amide bonds. The van der Waals surface area contributed by atoms with Gasteiger partial charge in [-0.15, -0.1) is 5.10 Å². The number of anilines is 2. The van der Waals surface area contributed by atoms with Crippen LogP contribution in [0.25, 0.3) is 0 Å². The van der Waals surface area contributed by atoms with Crippen LogP contribution in [-0.4, -0.2) is 23.0 Å². The van der Waals surface area contributed by atoms with E-state index < -0.39 is 0 Å². The van der Waals surface area contributed by atoms with Crippen molar-refractivity contribution in [2.75, 3.05) is 17.2 Å². The Kier molecular flexibility index (Phi) is 3.89. The van der Waals surface area contributed by atoms with Gasteiger partial charge in [0.25, 0.3) is 0 Å². The van der Waals surface area contributed by atoms with Crippen LogP contribution >= 0.6 is 11.3 Å². The van der Waals surface area contributed by atoms with E-state index in [-0.39, 0.29) is 0 Å². The first-order valence-corrected chi connectivity index (χ1v) is 8.93. The van der Waals surface area contributed by atoms with E-state index in [4.69, 9.17) is 10.1 Å². The van der Waals surface area contributed by atoms with Gasteiger partial charge >= 0.3 is 0 Å². The van der Waals surface area contributed by atoms with Gasteiger partial charge in [-0.05, 0) is 26.0 Å². The van der Waals surface area contributed by atoms with Gasteiger partial charge in [0.15, 0.2) is 5.84 Å². The zero-order valence-corrected chi connectivity index (χ0v) is 15.2. The molecule has 4 rings (SSSR count). The molecule has 0 bridgehead atoms. The van der Waals surface area contributed by atoms with E-state index in [0.717, 1.165) is 27.9 Å². The minimum Gasteiger partial charge on any atom is -0.223 e. The largest absolute Gasteiger partial charge is 0.223 e. The molecule has 0 spiro atoms. The van der Waals surface area contributed by atoms with E-state index in [1.54, 1.807) is 11.3 Å². The number of nitrogens with zero attached hydrogens (tertiary/aromatic N) is 5. The fourth-order valence-corrected chi connectivity index (χ4v) is 3.67. The van der Waals surface area contributed by atoms with Crippen LogP contribution in [0.5, 0.6) is 0 Å². The molecule has 0 unspecified atom stereocenters. The second kappa shape index (κ2) is 6.22. The smallest absolute Gasteiger partial charge is 0.212 e. The second-order valence-corrected chi connectivity index (χ2v) is 7.04. The maximum atomic E-state index is 4.78. The fourth-order valence-electron chi connectivity index (χ4n) is 2.77. The molecular weight excluding hydrogens is 330 g/mol. The van der Waals surface area contributed by atoms with Crippen molar-refractivity contribution in [2.45, 2.75) is 13.8 Å². The summed E-state index contributed by atoms with van der Waals surface area (Å²) in [5.41, 5.74) is 3.14. The predicted molar refractivity (Wildman–Crippen MR) is 104 cm³/mol. The lowest BCUT2D eigenvalue weighted by molar-refractivity contribution is 0.351. The highest BCUT2D eigenvalue weighted by atomic mass is 32.1. The quantitative estimate of drug-likeness (QED) is 0.709. The molecule has 0 saturated heterocycles. The number of para-hydroxylation sites is 1. The molecular formula is C19H19N5S. The Morgan fingerprint density at radius 1 is 0.880 bits per heavy atom. The number of thiazole rings is 1. The molecule has 6 heteroatoms. The summed E-state index contributed by atoms with van der Waals surface area (Å²) in [5, 5.41) is 11.7. The first-order valence-electron chi connectivity index (χ1n) is 8.12. The lowest BCUT2D eigenvalue weighted by Gasteiger charge is -2.32. The molecule has 1 aromatic heterocycles. The Morgan fingerprint density at radius 2 is 1.52 bits per heavy atom. The summed E-state index contributed by atoms with van der Waals surface area (Å²) >= 11 is 1.68. The van der Waals surface area contributed by atoms with Crippen LogP contribution in [0.2, 0.25) is 0 Å². The van der Waals surface area contributed by atoms with Crippen molar-refractivity contribution in [1.29, 1.82) is 0 Å². The van der Waals surface area contributed by atoms with Crippen LogP contribution in [0.15, 0.2) is 65.8 Å². The van der Waals surface area contributed by atoms with Crippen LogP contribution in [0.1, 0.15) is 16.1 Å². The van der Waals surface area contributed by atoms with Crippen LogP contribution < -0.4 is 10.1 Å². The number of hydrazone groups is 1. The predicted octanol–water partition coefficient (Wildman–Crippen LogP) is 4.21. The van der Waals surface area contributed by atoms with Crippen molar-refractivity contribution >= 4 is 28.0 Å². The Morgan fingerprint density at radius 3 is 2.12 bits per heavy atom. The van der Waals surface area contributed by atoms with E-state index in [1.807, 2.05) is 60.6 Å². The van der Waals surface area contributed by atoms with E-state index in [2.05, 4.69) is 36.2 Å². The first kappa shape index (κ1) is 15.7. The topological polar surface area (TPSA) is 35.0 Å². The number of hydrogen-bond acceptors (Lipinski definition) is 6. The highest BCUT2D eigenvalue weighted by molar-refractivity contribution is 7.15. The van der Waals surface area contributed by atoms with Crippen molar-refractivity contribution in [3.63, 3.8) is 0 Å². The summed E-state index contributed by atoms with van der Waals surface area (Å²) < 4.78 is 0. The normalized spacial score (nSPS) is 14.2. The van der Waals surface area contributed by atoms with E-state index >= 15 is 0 Å². The molecule has 5 nitrogen and oxygen atoms in total. The monoisotopic (exact) mass is 349 g/mol. The molecule has 2 aromatic carbocycles. The van der Waals surface area contributed by atoms with Gasteiger partial charge in [0, 0.05) is 17.5 Å². The molecule has 25 heavy (non-hydrogen) atoms. The lowest BCUT2D eigenvalue weighted by atomic mass is 10.2. The van der Waals surface area contributed by atoms with E-state index in [0.29, 0.717) is 0 Å². The number of aryl methyl sites for hydroxylation is 2. The summed E-state index contributed by atoms with van der Waals surface area (Å²) in [7, 11) is 1.95. The Bertz CT molecular complexity index is 885. The highest BCUT2D eigenvalue weighted by Gasteiger charge is 2.34. The van der Waals surface area contributed by atoms with Gasteiger partial charge in [-0.3, -0.25) is 0 Å². The molecule has 126 valence electrons. The van der Waals surface area contributed by atoms with Gasteiger partial charge in [0.05, 0.1) is 11.4 Å². The summed E-state index contributed by atoms with van der Waals surface area (Å²) in [6.45, 7) is 4.14. The van der Waals surface area contributed by atoms with Gasteiger partial charge in [-0.2, -0.15) is 15.2 Å². The van der Waals surface area contributed by atoms with Crippen LogP contribution in [0, 0.1) is 13.8 Å². The van der Waals surface area contributed by atoms with Gasteiger partial charge in [-0.1, -0.05) is 59.9 Å². The van der Waals surface area contributed by atoms with Crippen LogP contribution in [0.3, 0.4) is 0 Å². The molecule has 0 atom stereocenters. The number of rotatable bonds is 3. The maximum absolute atomic E-state index is 4.78. The zero-order chi connectivity index (χ0) is 17.4. The molecule has 0 aliphatic carbocycles. The van der Waals surface area contributed by atoms with Gasteiger partial charge in [-0.25, -0.2) is 4.98 Å². The fraction of sp³-hybridized carbons (Fsp3) is 0.158. The van der Waals surface area contributed by atoms with Gasteiger partial charge in [0.1, 0.15) is 0 Å². The van der Waals surface area contributed by atoms with Crippen molar-refractivity contribution in [3.8, 4) is 0 Å². The molecule has 0 fully saturated rings. The number of hydrogen-bond donors (Lipinski definition) is 0. The number of hydrazine groups is 2. The maximum Gasteiger partial charge on any atom is 0.212 e. The first-order chi connectivity index (χ1) is 12.1. The second-order valence-electron chi connectivity index (χ2n) is 5.85. The standard InChI is InChI=1S/C19H19N5S/c1-14-15(2)25-19(20-14)23-18(16-10-6-4-7-11-16)21-22(3)24(23)17-12-8-5-9-13-17/h4-13H,1-3H3. The van der Waals surface area contributed by atoms with Crippen molar-refractivity contribution in [2.24, 2.45) is 5.10 Å². The van der Waals surface area contributed by atoms with Crippen molar-refractivity contribution in [1.82, 2.24) is 10.1 Å². The SMILES string of the molecule is Cc1nc(N2C(c3ccccc3)=NN(C)N2c2ccccc2)sc1C. The Labute approximate surface area is 151 Å². The summed E-state index contributed by atoms with van der Waals surface area (Å²) in [6, 6.07) is 20.4. The Balaban J connectivity index is 1.85. The third-order valence-corrected chi connectivity index (χ3v) is 5.17. The molecule has 0 radical (unpaired) electrons. The van der Waals surface area contributed by atoms with Gasteiger partial charge in [0.2, 0.25) is 5.13 Å². The lowest BCUT2D eigenvalue weighted by Crippen LogP contribution is -2.47. The highest BCUT2D eigenvalue weighted by Crippen LogP contribution is 2.34. The third-order valence-electron chi connectivity index (χ3n) is 4.12. The van der Waals surface area contributed by atoms with Gasteiger partial charge < -0.3 is 0 Å². The minimum atomic E-state index is 0.862. The average Bonchev–Trinajstić information content (AvgIpc) is 3.16. The number of amidine groups is 1. The summed E-state index contributed by atoms with van der Waals surface area (Å²) in [4.78, 5) is 5.99. The molecule has 1 aliphatic heterocycles.